The molecule has 1 fully saturated rings. The van der Waals surface area contributed by atoms with Gasteiger partial charge in [0.1, 0.15) is 0 Å². The maximum Gasteiger partial charge on any atom is 0.315 e. The standard InChI is InChI=1S/C23H26N4O4/c28-22(7-3-4-16-11-24-19-6-2-1-5-18(16)19)25-12-15-10-17(14-25)20-8-9-21(27(30)31)23(29)26(20)13-15/h1-2,5-6,8-9,11,15,17,24,27,30H,3-4,7,10,12-14H2. The molecule has 4 heterocycles. The van der Waals surface area contributed by atoms with E-state index in [4.69, 9.17) is 0 Å². The van der Waals surface area contributed by atoms with E-state index in [1.54, 1.807) is 10.6 Å². The fourth-order valence-corrected chi connectivity index (χ4v) is 5.24. The second-order valence-electron chi connectivity index (χ2n) is 8.70. The molecule has 162 valence electrons. The number of nitrogens with one attached hydrogen (secondary N) is 2. The molecular weight excluding hydrogens is 396 g/mol. The highest BCUT2D eigenvalue weighted by Gasteiger charge is 2.36. The number of benzene rings is 1. The van der Waals surface area contributed by atoms with Crippen LogP contribution < -0.4 is 10.8 Å². The number of carbonyl (C=O) groups is 1. The molecule has 2 aromatic heterocycles. The van der Waals surface area contributed by atoms with Crippen LogP contribution >= 0.6 is 0 Å². The lowest BCUT2D eigenvalue weighted by Crippen LogP contribution is -3.00. The predicted molar refractivity (Wildman–Crippen MR) is 115 cm³/mol. The molecule has 0 spiro atoms. The molecule has 3 atom stereocenters. The molecule has 8 heteroatoms. The number of piperidine rings is 1. The van der Waals surface area contributed by atoms with Crippen molar-refractivity contribution in [2.75, 3.05) is 13.1 Å². The number of carbonyl (C=O) groups excluding carboxylic acids is 1. The summed E-state index contributed by atoms with van der Waals surface area (Å²) >= 11 is 0. The Hall–Kier alpha value is -2.94. The summed E-state index contributed by atoms with van der Waals surface area (Å²) in [6, 6.07) is 11.3. The quantitative estimate of drug-likeness (QED) is 0.544. The van der Waals surface area contributed by atoms with Crippen molar-refractivity contribution >= 4 is 22.5 Å². The molecule has 3 aromatic rings. The number of hydrogen-bond acceptors (Lipinski definition) is 4. The van der Waals surface area contributed by atoms with Gasteiger partial charge in [-0.25, -0.2) is 5.21 Å². The van der Waals surface area contributed by atoms with Gasteiger partial charge in [0.05, 0.1) is 0 Å². The van der Waals surface area contributed by atoms with Crippen LogP contribution in [-0.4, -0.2) is 38.7 Å². The highest BCUT2D eigenvalue weighted by Crippen LogP contribution is 2.35. The molecule has 1 aromatic carbocycles. The number of pyridine rings is 1. The van der Waals surface area contributed by atoms with Crippen molar-refractivity contribution in [2.45, 2.75) is 38.1 Å². The molecule has 3 unspecified atom stereocenters. The number of aromatic nitrogens is 2. The van der Waals surface area contributed by atoms with E-state index >= 15 is 0 Å². The molecule has 3 N–H and O–H groups in total. The number of rotatable bonds is 5. The zero-order chi connectivity index (χ0) is 21.5. The third-order valence-electron chi connectivity index (χ3n) is 6.70. The van der Waals surface area contributed by atoms with Gasteiger partial charge in [-0.1, -0.05) is 18.2 Å². The Labute approximate surface area is 179 Å². The van der Waals surface area contributed by atoms with E-state index in [2.05, 4.69) is 17.1 Å². The molecule has 5 rings (SSSR count). The molecule has 0 aliphatic carbocycles. The van der Waals surface area contributed by atoms with Crippen molar-refractivity contribution < 1.29 is 15.2 Å². The van der Waals surface area contributed by atoms with Crippen LogP contribution in [0.4, 0.5) is 5.69 Å². The van der Waals surface area contributed by atoms with Crippen LogP contribution in [0.1, 0.15) is 36.4 Å². The second-order valence-corrected chi connectivity index (χ2v) is 8.70. The summed E-state index contributed by atoms with van der Waals surface area (Å²) in [6.45, 7) is 1.70. The highest BCUT2D eigenvalue weighted by molar-refractivity contribution is 5.83. The van der Waals surface area contributed by atoms with Crippen LogP contribution in [0.25, 0.3) is 10.9 Å². The molecule has 0 saturated carbocycles. The smallest absolute Gasteiger partial charge is 0.315 e. The Morgan fingerprint density at radius 3 is 2.87 bits per heavy atom. The third kappa shape index (κ3) is 3.67. The minimum atomic E-state index is -1.19. The molecule has 2 bridgehead atoms. The fraction of sp³-hybridized carbons (Fsp3) is 0.391. The first-order chi connectivity index (χ1) is 15.0. The summed E-state index contributed by atoms with van der Waals surface area (Å²) in [5.41, 5.74) is 2.59. The van der Waals surface area contributed by atoms with Gasteiger partial charge in [0.15, 0.2) is 0 Å². The normalized spacial score (nSPS) is 21.2. The number of hydrogen-bond donors (Lipinski definition) is 3. The lowest BCUT2D eigenvalue weighted by molar-refractivity contribution is -0.992. The highest BCUT2D eigenvalue weighted by atomic mass is 16.8. The largest absolute Gasteiger partial charge is 0.595 e. The van der Waals surface area contributed by atoms with Crippen LogP contribution in [0.3, 0.4) is 0 Å². The van der Waals surface area contributed by atoms with Gasteiger partial charge in [0.2, 0.25) is 11.6 Å². The van der Waals surface area contributed by atoms with E-state index in [-0.39, 0.29) is 23.4 Å². The third-order valence-corrected chi connectivity index (χ3v) is 6.70. The SMILES string of the molecule is O=C(CCCc1c[nH]c2ccccc12)N1CC2CC(C1)c1ccc([NH+]([O-])O)c(=O)n1C2. The average Bonchev–Trinajstić information content (AvgIpc) is 3.17. The van der Waals surface area contributed by atoms with E-state index in [1.165, 1.54) is 17.0 Å². The van der Waals surface area contributed by atoms with Crippen LogP contribution in [0.2, 0.25) is 0 Å². The monoisotopic (exact) mass is 422 g/mol. The van der Waals surface area contributed by atoms with Gasteiger partial charge in [-0.15, -0.1) is 0 Å². The minimum absolute atomic E-state index is 0.0839. The second kappa shape index (κ2) is 7.96. The number of likely N-dealkylation sites (tertiary alicyclic amines) is 1. The summed E-state index contributed by atoms with van der Waals surface area (Å²) < 4.78 is 1.61. The Balaban J connectivity index is 1.24. The van der Waals surface area contributed by atoms with Crippen molar-refractivity contribution in [3.8, 4) is 0 Å². The number of aromatic amines is 1. The maximum absolute atomic E-state index is 12.9. The zero-order valence-corrected chi connectivity index (χ0v) is 17.2. The van der Waals surface area contributed by atoms with Crippen molar-refractivity contribution in [1.82, 2.24) is 14.5 Å². The van der Waals surface area contributed by atoms with Gasteiger partial charge in [0.25, 0.3) is 0 Å². The topological polar surface area (TPSA) is 106 Å². The molecule has 31 heavy (non-hydrogen) atoms. The van der Waals surface area contributed by atoms with E-state index in [0.29, 0.717) is 26.1 Å². The van der Waals surface area contributed by atoms with Gasteiger partial charge in [-0.05, 0) is 42.9 Å². The summed E-state index contributed by atoms with van der Waals surface area (Å²) in [6.07, 6.45) is 5.12. The number of H-pyrrole nitrogens is 1. The number of para-hydroxylation sites is 1. The zero-order valence-electron chi connectivity index (χ0n) is 17.2. The van der Waals surface area contributed by atoms with Crippen molar-refractivity contribution in [2.24, 2.45) is 5.92 Å². The van der Waals surface area contributed by atoms with Crippen LogP contribution in [0, 0.1) is 11.1 Å². The number of fused-ring (bicyclic) bond motifs is 5. The lowest BCUT2D eigenvalue weighted by atomic mass is 9.83. The maximum atomic E-state index is 12.9. The first kappa shape index (κ1) is 20.0. The average molecular weight is 422 g/mol. The Morgan fingerprint density at radius 1 is 1.19 bits per heavy atom. The Bertz CT molecular complexity index is 1180. The summed E-state index contributed by atoms with van der Waals surface area (Å²) in [4.78, 5) is 30.7. The molecule has 2 aliphatic heterocycles. The lowest BCUT2D eigenvalue weighted by Gasteiger charge is -2.43. The molecule has 0 radical (unpaired) electrons. The molecule has 8 nitrogen and oxygen atoms in total. The number of quaternary nitrogens is 1. The number of nitrogens with zero attached hydrogens (tertiary/aromatic N) is 2. The van der Waals surface area contributed by atoms with Crippen molar-refractivity contribution in [3.05, 3.63) is 69.4 Å². The minimum Gasteiger partial charge on any atom is -0.595 e. The van der Waals surface area contributed by atoms with E-state index in [1.807, 2.05) is 23.2 Å². The number of amides is 1. The van der Waals surface area contributed by atoms with E-state index in [9.17, 15) is 20.0 Å². The summed E-state index contributed by atoms with van der Waals surface area (Å²) in [7, 11) is 0. The van der Waals surface area contributed by atoms with Gasteiger partial charge < -0.3 is 19.7 Å². The molecule has 2 aliphatic rings. The van der Waals surface area contributed by atoms with Crippen LogP contribution in [-0.2, 0) is 17.8 Å². The van der Waals surface area contributed by atoms with Gasteiger partial charge in [-0.2, -0.15) is 5.23 Å². The Kier molecular flexibility index (Phi) is 5.13. The summed E-state index contributed by atoms with van der Waals surface area (Å²) in [5, 5.41) is 20.5. The molecular formula is C23H26N4O4. The van der Waals surface area contributed by atoms with Crippen molar-refractivity contribution in [1.29, 1.82) is 0 Å². The van der Waals surface area contributed by atoms with Crippen LogP contribution in [0.5, 0.6) is 0 Å². The van der Waals surface area contributed by atoms with E-state index in [0.717, 1.165) is 30.5 Å². The number of aryl methyl sites for hydroxylation is 1. The van der Waals surface area contributed by atoms with Gasteiger partial charge >= 0.3 is 5.56 Å². The summed E-state index contributed by atoms with van der Waals surface area (Å²) in [5.74, 6) is 0.429. The van der Waals surface area contributed by atoms with Crippen LogP contribution in [0.15, 0.2) is 47.4 Å². The van der Waals surface area contributed by atoms with Gasteiger partial charge in [0, 0.05) is 60.8 Å². The predicted octanol–water partition coefficient (Wildman–Crippen LogP) is 1.70. The van der Waals surface area contributed by atoms with Crippen molar-refractivity contribution in [3.63, 3.8) is 0 Å². The first-order valence-electron chi connectivity index (χ1n) is 10.8. The molecule has 1 saturated heterocycles. The van der Waals surface area contributed by atoms with E-state index < -0.39 is 10.8 Å². The first-order valence-corrected chi connectivity index (χ1v) is 10.8. The Morgan fingerprint density at radius 2 is 2.03 bits per heavy atom. The fourth-order valence-electron chi connectivity index (χ4n) is 5.24. The molecule has 1 amide bonds. The van der Waals surface area contributed by atoms with Gasteiger partial charge in [-0.3, -0.25) is 9.59 Å².